The minimum Gasteiger partial charge on any atom is -0.496 e. The minimum atomic E-state index is -0.661. The SMILES string of the molecule is COCCCNC(=O)COC(=O)c1cc(N)ccc1OC. The van der Waals surface area contributed by atoms with E-state index in [4.69, 9.17) is 19.9 Å². The molecule has 0 aliphatic heterocycles. The van der Waals surface area contributed by atoms with Gasteiger partial charge in [-0.3, -0.25) is 4.79 Å². The predicted octanol–water partition coefficient (Wildman–Crippen LogP) is 0.587. The molecule has 0 fully saturated rings. The van der Waals surface area contributed by atoms with Gasteiger partial charge in [-0.2, -0.15) is 0 Å². The van der Waals surface area contributed by atoms with Crippen molar-refractivity contribution >= 4 is 17.6 Å². The lowest BCUT2D eigenvalue weighted by atomic mass is 10.2. The van der Waals surface area contributed by atoms with Gasteiger partial charge in [-0.15, -0.1) is 0 Å². The number of amides is 1. The van der Waals surface area contributed by atoms with Crippen molar-refractivity contribution in [3.05, 3.63) is 23.8 Å². The van der Waals surface area contributed by atoms with E-state index in [9.17, 15) is 9.59 Å². The second kappa shape index (κ2) is 8.80. The summed E-state index contributed by atoms with van der Waals surface area (Å²) in [5.41, 5.74) is 6.21. The first-order valence-corrected chi connectivity index (χ1v) is 6.44. The average molecular weight is 296 g/mol. The molecule has 0 atom stereocenters. The topological polar surface area (TPSA) is 99.9 Å². The van der Waals surface area contributed by atoms with E-state index in [1.54, 1.807) is 19.2 Å². The first-order valence-electron chi connectivity index (χ1n) is 6.44. The highest BCUT2D eigenvalue weighted by molar-refractivity contribution is 5.94. The molecule has 0 saturated heterocycles. The van der Waals surface area contributed by atoms with E-state index < -0.39 is 5.97 Å². The van der Waals surface area contributed by atoms with Crippen LogP contribution in [0.5, 0.6) is 5.75 Å². The summed E-state index contributed by atoms with van der Waals surface area (Å²) in [5, 5.41) is 2.61. The van der Waals surface area contributed by atoms with Crippen LogP contribution in [0.2, 0.25) is 0 Å². The van der Waals surface area contributed by atoms with Crippen LogP contribution in [0.15, 0.2) is 18.2 Å². The van der Waals surface area contributed by atoms with Gasteiger partial charge in [-0.05, 0) is 24.6 Å². The summed E-state index contributed by atoms with van der Waals surface area (Å²) < 4.78 is 14.8. The van der Waals surface area contributed by atoms with Gasteiger partial charge in [0.05, 0.1) is 7.11 Å². The van der Waals surface area contributed by atoms with Crippen LogP contribution >= 0.6 is 0 Å². The zero-order valence-corrected chi connectivity index (χ0v) is 12.2. The Kier molecular flexibility index (Phi) is 7.03. The maximum Gasteiger partial charge on any atom is 0.342 e. The number of hydrogen-bond donors (Lipinski definition) is 2. The Morgan fingerprint density at radius 2 is 2.05 bits per heavy atom. The molecule has 7 nitrogen and oxygen atoms in total. The number of nitrogens with one attached hydrogen (secondary N) is 1. The molecule has 1 aromatic rings. The van der Waals surface area contributed by atoms with Gasteiger partial charge in [0, 0.05) is 25.9 Å². The van der Waals surface area contributed by atoms with Crippen molar-refractivity contribution in [1.29, 1.82) is 0 Å². The summed E-state index contributed by atoms with van der Waals surface area (Å²) in [4.78, 5) is 23.4. The lowest BCUT2D eigenvalue weighted by Crippen LogP contribution is -2.30. The first kappa shape index (κ1) is 16.8. The van der Waals surface area contributed by atoms with E-state index in [2.05, 4.69) is 5.32 Å². The zero-order valence-electron chi connectivity index (χ0n) is 12.2. The average Bonchev–Trinajstić information content (AvgIpc) is 2.49. The number of esters is 1. The lowest BCUT2D eigenvalue weighted by molar-refractivity contribution is -0.124. The maximum absolute atomic E-state index is 11.9. The molecule has 3 N–H and O–H groups in total. The van der Waals surface area contributed by atoms with E-state index in [1.165, 1.54) is 13.2 Å². The predicted molar refractivity (Wildman–Crippen MR) is 77.2 cm³/mol. The van der Waals surface area contributed by atoms with Crippen molar-refractivity contribution in [2.24, 2.45) is 0 Å². The quantitative estimate of drug-likeness (QED) is 0.414. The Hall–Kier alpha value is -2.28. The van der Waals surface area contributed by atoms with Gasteiger partial charge < -0.3 is 25.3 Å². The van der Waals surface area contributed by atoms with Crippen molar-refractivity contribution in [2.75, 3.05) is 39.7 Å². The number of carbonyl (C=O) groups is 2. The second-order valence-corrected chi connectivity index (χ2v) is 4.23. The number of methoxy groups -OCH3 is 2. The van der Waals surface area contributed by atoms with Crippen LogP contribution in [-0.4, -0.2) is 45.9 Å². The monoisotopic (exact) mass is 296 g/mol. The molecule has 0 heterocycles. The minimum absolute atomic E-state index is 0.185. The highest BCUT2D eigenvalue weighted by atomic mass is 16.5. The van der Waals surface area contributed by atoms with E-state index in [-0.39, 0.29) is 18.1 Å². The van der Waals surface area contributed by atoms with E-state index in [0.29, 0.717) is 31.0 Å². The number of hydrogen-bond acceptors (Lipinski definition) is 6. The third-order valence-electron chi connectivity index (χ3n) is 2.63. The zero-order chi connectivity index (χ0) is 15.7. The molecule has 0 unspecified atom stereocenters. The molecule has 0 aliphatic carbocycles. The molecule has 0 aromatic heterocycles. The smallest absolute Gasteiger partial charge is 0.342 e. The number of benzene rings is 1. The summed E-state index contributed by atoms with van der Waals surface area (Å²) in [6, 6.07) is 4.62. The van der Waals surface area contributed by atoms with Gasteiger partial charge >= 0.3 is 5.97 Å². The third-order valence-corrected chi connectivity index (χ3v) is 2.63. The molecule has 0 spiro atoms. The van der Waals surface area contributed by atoms with E-state index in [0.717, 1.165) is 0 Å². The van der Waals surface area contributed by atoms with Crippen LogP contribution in [0.25, 0.3) is 0 Å². The molecule has 116 valence electrons. The fraction of sp³-hybridized carbons (Fsp3) is 0.429. The van der Waals surface area contributed by atoms with Gasteiger partial charge in [-0.25, -0.2) is 4.79 Å². The van der Waals surface area contributed by atoms with Crippen molar-refractivity contribution in [3.63, 3.8) is 0 Å². The molecule has 1 aromatic carbocycles. The first-order chi connectivity index (χ1) is 10.1. The summed E-state index contributed by atoms with van der Waals surface area (Å²) in [6.45, 7) is 0.663. The second-order valence-electron chi connectivity index (χ2n) is 4.23. The van der Waals surface area contributed by atoms with Gasteiger partial charge in [0.15, 0.2) is 6.61 Å². The molecular formula is C14H20N2O5. The molecule has 0 aliphatic rings. The molecule has 0 radical (unpaired) electrons. The number of ether oxygens (including phenoxy) is 3. The number of rotatable bonds is 8. The lowest BCUT2D eigenvalue weighted by Gasteiger charge is -2.09. The highest BCUT2D eigenvalue weighted by Crippen LogP contribution is 2.21. The van der Waals surface area contributed by atoms with Crippen LogP contribution in [0.3, 0.4) is 0 Å². The highest BCUT2D eigenvalue weighted by Gasteiger charge is 2.15. The summed E-state index contributed by atoms with van der Waals surface area (Å²) in [7, 11) is 3.02. The number of nitrogen functional groups attached to an aromatic ring is 1. The fourth-order valence-corrected chi connectivity index (χ4v) is 1.59. The molecule has 1 rings (SSSR count). The maximum atomic E-state index is 11.9. The molecule has 0 saturated carbocycles. The number of carbonyl (C=O) groups excluding carboxylic acids is 2. The van der Waals surface area contributed by atoms with Gasteiger partial charge in [0.25, 0.3) is 5.91 Å². The van der Waals surface area contributed by atoms with Crippen LogP contribution < -0.4 is 15.8 Å². The van der Waals surface area contributed by atoms with Crippen LogP contribution in [0, 0.1) is 0 Å². The Bertz CT molecular complexity index is 490. The van der Waals surface area contributed by atoms with Crippen molar-refractivity contribution < 1.29 is 23.8 Å². The largest absolute Gasteiger partial charge is 0.496 e. The number of nitrogens with two attached hydrogens (primary N) is 1. The van der Waals surface area contributed by atoms with Gasteiger partial charge in [0.1, 0.15) is 11.3 Å². The molecule has 21 heavy (non-hydrogen) atoms. The normalized spacial score (nSPS) is 10.0. The molecule has 1 amide bonds. The Morgan fingerprint density at radius 1 is 1.29 bits per heavy atom. The van der Waals surface area contributed by atoms with E-state index >= 15 is 0 Å². The standard InChI is InChI=1S/C14H20N2O5/c1-19-7-3-6-16-13(17)9-21-14(18)11-8-10(15)4-5-12(11)20-2/h4-5,8H,3,6-7,9,15H2,1-2H3,(H,16,17). The summed E-state index contributed by atoms with van der Waals surface area (Å²) >= 11 is 0. The van der Waals surface area contributed by atoms with Gasteiger partial charge in [-0.1, -0.05) is 0 Å². The Balaban J connectivity index is 2.46. The van der Waals surface area contributed by atoms with Crippen molar-refractivity contribution in [1.82, 2.24) is 5.32 Å². The third kappa shape index (κ3) is 5.70. The Labute approximate surface area is 123 Å². The summed E-state index contributed by atoms with van der Waals surface area (Å²) in [6.07, 6.45) is 0.694. The Morgan fingerprint density at radius 3 is 2.71 bits per heavy atom. The molecular weight excluding hydrogens is 276 g/mol. The van der Waals surface area contributed by atoms with Crippen LogP contribution in [-0.2, 0) is 14.3 Å². The van der Waals surface area contributed by atoms with Gasteiger partial charge in [0.2, 0.25) is 0 Å². The molecule has 0 bridgehead atoms. The molecule has 7 heteroatoms. The number of anilines is 1. The van der Waals surface area contributed by atoms with Crippen LogP contribution in [0.1, 0.15) is 16.8 Å². The van der Waals surface area contributed by atoms with Crippen LogP contribution in [0.4, 0.5) is 5.69 Å². The summed E-state index contributed by atoms with van der Waals surface area (Å²) in [5.74, 6) is -0.691. The fourth-order valence-electron chi connectivity index (χ4n) is 1.59. The van der Waals surface area contributed by atoms with E-state index in [1.807, 2.05) is 0 Å². The van der Waals surface area contributed by atoms with Crippen molar-refractivity contribution in [3.8, 4) is 5.75 Å². The van der Waals surface area contributed by atoms with Crippen molar-refractivity contribution in [2.45, 2.75) is 6.42 Å².